The van der Waals surface area contributed by atoms with E-state index in [-0.39, 0.29) is 5.69 Å². The van der Waals surface area contributed by atoms with Gasteiger partial charge >= 0.3 is 0 Å². The van der Waals surface area contributed by atoms with E-state index in [1.54, 1.807) is 12.1 Å². The van der Waals surface area contributed by atoms with E-state index in [4.69, 9.17) is 10.9 Å². The second-order valence-electron chi connectivity index (χ2n) is 2.86. The number of nitrogens with one attached hydrogen (secondary N) is 1. The molecule has 0 saturated carbocycles. The summed E-state index contributed by atoms with van der Waals surface area (Å²) in [5.41, 5.74) is 7.13. The van der Waals surface area contributed by atoms with Gasteiger partial charge in [0.2, 0.25) is 0 Å². The maximum absolute atomic E-state index is 10.8. The predicted molar refractivity (Wildman–Crippen MR) is 60.0 cm³/mol. The lowest BCUT2D eigenvalue weighted by Crippen LogP contribution is -2.22. The Labute approximate surface area is 90.8 Å². The van der Waals surface area contributed by atoms with Crippen molar-refractivity contribution in [3.63, 3.8) is 0 Å². The quantitative estimate of drug-likeness (QED) is 0.703. The first-order valence-corrected chi connectivity index (χ1v) is 5.99. The molecule has 0 spiro atoms. The summed E-state index contributed by atoms with van der Waals surface area (Å²) in [5, 5.41) is 4.83. The molecule has 5 N–H and O–H groups in total. The summed E-state index contributed by atoms with van der Waals surface area (Å²) in [6.07, 6.45) is 0. The fourth-order valence-electron chi connectivity index (χ4n) is 1.02. The molecule has 14 heavy (non-hydrogen) atoms. The molecule has 7 heteroatoms. The number of nitrogen functional groups attached to an aromatic ring is 1. The number of hydrogen-bond donors (Lipinski definition) is 3. The predicted octanol–water partition coefficient (Wildman–Crippen LogP) is 0.955. The van der Waals surface area contributed by atoms with Gasteiger partial charge in [-0.05, 0) is 40.5 Å². The van der Waals surface area contributed by atoms with Crippen molar-refractivity contribution in [2.45, 2.75) is 6.92 Å². The second kappa shape index (κ2) is 3.76. The average Bonchev–Trinajstić information content (AvgIpc) is 1.95. The van der Waals surface area contributed by atoms with Crippen molar-refractivity contribution in [1.82, 2.24) is 0 Å². The lowest BCUT2D eigenvalue weighted by molar-refractivity contribution is 0.603. The minimum Gasteiger partial charge on any atom is -0.397 e. The number of rotatable bonds is 2. The maximum Gasteiger partial charge on any atom is 0.296 e. The van der Waals surface area contributed by atoms with Crippen molar-refractivity contribution >= 4 is 37.5 Å². The van der Waals surface area contributed by atoms with Gasteiger partial charge in [-0.1, -0.05) is 0 Å². The number of aryl methyl sites for hydroxylation is 1. The van der Waals surface area contributed by atoms with Gasteiger partial charge in [-0.25, -0.2) is 5.14 Å². The van der Waals surface area contributed by atoms with Crippen LogP contribution in [0.4, 0.5) is 11.4 Å². The molecule has 0 aliphatic carbocycles. The number of benzene rings is 1. The minimum absolute atomic E-state index is 0.262. The van der Waals surface area contributed by atoms with E-state index in [0.717, 1.165) is 5.56 Å². The van der Waals surface area contributed by atoms with Gasteiger partial charge in [0.1, 0.15) is 0 Å². The van der Waals surface area contributed by atoms with E-state index in [9.17, 15) is 8.42 Å². The summed E-state index contributed by atoms with van der Waals surface area (Å²) in [7, 11) is -3.80. The van der Waals surface area contributed by atoms with Crippen LogP contribution in [0.25, 0.3) is 0 Å². The van der Waals surface area contributed by atoms with Crippen molar-refractivity contribution in [1.29, 1.82) is 0 Å². The standard InChI is InChI=1S/C7H10BrN3O2S/c1-4-2-5(8)7(6(9)3-4)11-14(10,12)13/h2-3,11H,9H2,1H3,(H2,10,12,13). The lowest BCUT2D eigenvalue weighted by atomic mass is 10.2. The molecule has 0 aromatic heterocycles. The number of hydrogen-bond acceptors (Lipinski definition) is 3. The Bertz CT molecular complexity index is 435. The molecule has 0 radical (unpaired) electrons. The van der Waals surface area contributed by atoms with Crippen LogP contribution in [0, 0.1) is 6.92 Å². The van der Waals surface area contributed by atoms with E-state index < -0.39 is 10.2 Å². The second-order valence-corrected chi connectivity index (χ2v) is 5.01. The summed E-state index contributed by atoms with van der Waals surface area (Å²) in [6.45, 7) is 1.85. The zero-order valence-electron chi connectivity index (χ0n) is 7.41. The third-order valence-electron chi connectivity index (χ3n) is 1.51. The highest BCUT2D eigenvalue weighted by Crippen LogP contribution is 2.30. The molecule has 0 unspecified atom stereocenters. The van der Waals surface area contributed by atoms with Crippen LogP contribution < -0.4 is 15.6 Å². The largest absolute Gasteiger partial charge is 0.397 e. The first-order valence-electron chi connectivity index (χ1n) is 3.66. The monoisotopic (exact) mass is 279 g/mol. The van der Waals surface area contributed by atoms with Gasteiger partial charge in [-0.3, -0.25) is 4.72 Å². The highest BCUT2D eigenvalue weighted by Gasteiger charge is 2.10. The van der Waals surface area contributed by atoms with Crippen LogP contribution in [0.1, 0.15) is 5.56 Å². The van der Waals surface area contributed by atoms with Gasteiger partial charge in [0.05, 0.1) is 11.4 Å². The number of nitrogens with two attached hydrogens (primary N) is 2. The van der Waals surface area contributed by atoms with E-state index in [2.05, 4.69) is 20.7 Å². The average molecular weight is 280 g/mol. The minimum atomic E-state index is -3.80. The molecule has 0 aliphatic rings. The summed E-state index contributed by atoms with van der Waals surface area (Å²) in [6, 6.07) is 3.39. The Balaban J connectivity index is 3.22. The highest BCUT2D eigenvalue weighted by atomic mass is 79.9. The summed E-state index contributed by atoms with van der Waals surface area (Å²) in [5.74, 6) is 0. The Morgan fingerprint density at radius 1 is 1.43 bits per heavy atom. The van der Waals surface area contributed by atoms with Crippen LogP contribution in [0.15, 0.2) is 16.6 Å². The Kier molecular flexibility index (Phi) is 3.03. The third-order valence-corrected chi connectivity index (χ3v) is 2.62. The Morgan fingerprint density at radius 3 is 2.43 bits per heavy atom. The third kappa shape index (κ3) is 2.86. The molecule has 0 heterocycles. The molecule has 78 valence electrons. The van der Waals surface area contributed by atoms with Crippen LogP contribution in [-0.2, 0) is 10.2 Å². The van der Waals surface area contributed by atoms with Gasteiger partial charge in [-0.2, -0.15) is 8.42 Å². The molecule has 1 rings (SSSR count). The lowest BCUT2D eigenvalue weighted by Gasteiger charge is -2.10. The molecular formula is C7H10BrN3O2S. The molecule has 1 aromatic rings. The van der Waals surface area contributed by atoms with Crippen LogP contribution in [0.5, 0.6) is 0 Å². The SMILES string of the molecule is Cc1cc(N)c(NS(N)(=O)=O)c(Br)c1. The molecule has 0 saturated heterocycles. The van der Waals surface area contributed by atoms with Crippen LogP contribution in [0.3, 0.4) is 0 Å². The first-order chi connectivity index (χ1) is 6.29. The highest BCUT2D eigenvalue weighted by molar-refractivity contribution is 9.10. The van der Waals surface area contributed by atoms with E-state index in [0.29, 0.717) is 10.2 Å². The zero-order valence-corrected chi connectivity index (χ0v) is 9.81. The van der Waals surface area contributed by atoms with E-state index >= 15 is 0 Å². The van der Waals surface area contributed by atoms with Gasteiger partial charge in [0.15, 0.2) is 0 Å². The van der Waals surface area contributed by atoms with Crippen LogP contribution >= 0.6 is 15.9 Å². The van der Waals surface area contributed by atoms with Crippen molar-refractivity contribution in [3.8, 4) is 0 Å². The van der Waals surface area contributed by atoms with Gasteiger partial charge in [-0.15, -0.1) is 0 Å². The zero-order chi connectivity index (χ0) is 10.9. The normalized spacial score (nSPS) is 11.4. The van der Waals surface area contributed by atoms with E-state index in [1.165, 1.54) is 0 Å². The Hall–Kier alpha value is -0.790. The van der Waals surface area contributed by atoms with E-state index in [1.807, 2.05) is 6.92 Å². The fourth-order valence-corrected chi connectivity index (χ4v) is 2.35. The summed E-state index contributed by atoms with van der Waals surface area (Å²) < 4.78 is 24.2. The smallest absolute Gasteiger partial charge is 0.296 e. The van der Waals surface area contributed by atoms with Crippen molar-refractivity contribution in [3.05, 3.63) is 22.2 Å². The molecule has 0 fully saturated rings. The molecule has 0 aliphatic heterocycles. The number of anilines is 2. The fraction of sp³-hybridized carbons (Fsp3) is 0.143. The van der Waals surface area contributed by atoms with Crippen LogP contribution in [-0.4, -0.2) is 8.42 Å². The molecule has 0 bridgehead atoms. The molecule has 0 amide bonds. The first kappa shape index (κ1) is 11.3. The Morgan fingerprint density at radius 2 is 2.00 bits per heavy atom. The summed E-state index contributed by atoms with van der Waals surface area (Å²) in [4.78, 5) is 0. The number of halogens is 1. The topological polar surface area (TPSA) is 98.2 Å². The van der Waals surface area contributed by atoms with Gasteiger partial charge in [0.25, 0.3) is 10.2 Å². The van der Waals surface area contributed by atoms with Crippen LogP contribution in [0.2, 0.25) is 0 Å². The molecular weight excluding hydrogens is 270 g/mol. The van der Waals surface area contributed by atoms with Gasteiger partial charge < -0.3 is 5.73 Å². The maximum atomic E-state index is 10.8. The van der Waals surface area contributed by atoms with Gasteiger partial charge in [0, 0.05) is 4.47 Å². The van der Waals surface area contributed by atoms with Crippen molar-refractivity contribution in [2.75, 3.05) is 10.5 Å². The summed E-state index contributed by atoms with van der Waals surface area (Å²) >= 11 is 3.19. The molecule has 1 aromatic carbocycles. The van der Waals surface area contributed by atoms with Crippen molar-refractivity contribution < 1.29 is 8.42 Å². The molecule has 0 atom stereocenters. The molecule has 5 nitrogen and oxygen atoms in total. The van der Waals surface area contributed by atoms with Crippen molar-refractivity contribution in [2.24, 2.45) is 5.14 Å².